The minimum atomic E-state index is -0.264. The highest BCUT2D eigenvalue weighted by Crippen LogP contribution is 2.25. The third kappa shape index (κ3) is 2.00. The molecule has 2 aromatic carbocycles. The van der Waals surface area contributed by atoms with Gasteiger partial charge in [-0.1, -0.05) is 18.2 Å². The van der Waals surface area contributed by atoms with E-state index >= 15 is 0 Å². The summed E-state index contributed by atoms with van der Waals surface area (Å²) in [4.78, 5) is 7.77. The molecule has 3 N–H and O–H groups in total. The zero-order chi connectivity index (χ0) is 13.4. The summed E-state index contributed by atoms with van der Waals surface area (Å²) in [6.45, 7) is 2.37. The molecule has 0 fully saturated rings. The van der Waals surface area contributed by atoms with E-state index in [1.54, 1.807) is 6.07 Å². The number of imidazole rings is 1. The molecule has 96 valence electrons. The van der Waals surface area contributed by atoms with Gasteiger partial charge < -0.3 is 10.7 Å². The van der Waals surface area contributed by atoms with Crippen molar-refractivity contribution < 1.29 is 4.39 Å². The van der Waals surface area contributed by atoms with Gasteiger partial charge in [0.15, 0.2) is 0 Å². The molecule has 0 bridgehead atoms. The summed E-state index contributed by atoms with van der Waals surface area (Å²) >= 11 is 0. The molecule has 0 unspecified atom stereocenters. The average Bonchev–Trinajstić information content (AvgIpc) is 2.85. The van der Waals surface area contributed by atoms with Crippen LogP contribution in [0, 0.1) is 12.7 Å². The summed E-state index contributed by atoms with van der Waals surface area (Å²) in [5.41, 5.74) is 10.2. The normalized spacial score (nSPS) is 11.1. The quantitative estimate of drug-likeness (QED) is 0.739. The highest BCUT2D eigenvalue weighted by Gasteiger charge is 2.10. The van der Waals surface area contributed by atoms with Gasteiger partial charge in [-0.2, -0.15) is 0 Å². The average molecular weight is 255 g/mol. The number of hydrogen-bond donors (Lipinski definition) is 2. The fraction of sp³-hybridized carbons (Fsp3) is 0.133. The van der Waals surface area contributed by atoms with E-state index in [2.05, 4.69) is 9.97 Å². The Bertz CT molecular complexity index is 746. The van der Waals surface area contributed by atoms with Crippen LogP contribution < -0.4 is 5.73 Å². The Labute approximate surface area is 110 Å². The van der Waals surface area contributed by atoms with E-state index in [9.17, 15) is 4.39 Å². The van der Waals surface area contributed by atoms with Crippen molar-refractivity contribution in [1.82, 2.24) is 9.97 Å². The van der Waals surface area contributed by atoms with E-state index in [1.807, 2.05) is 25.1 Å². The van der Waals surface area contributed by atoms with Gasteiger partial charge in [0.1, 0.15) is 11.6 Å². The van der Waals surface area contributed by atoms with E-state index in [0.29, 0.717) is 12.4 Å². The van der Waals surface area contributed by atoms with Crippen molar-refractivity contribution in [2.75, 3.05) is 0 Å². The number of benzene rings is 2. The number of aryl methyl sites for hydroxylation is 1. The van der Waals surface area contributed by atoms with Crippen molar-refractivity contribution >= 4 is 11.0 Å². The highest BCUT2D eigenvalue weighted by molar-refractivity contribution is 5.82. The molecule has 4 heteroatoms. The summed E-state index contributed by atoms with van der Waals surface area (Å²) in [7, 11) is 0. The summed E-state index contributed by atoms with van der Waals surface area (Å²) in [6.07, 6.45) is 0. The number of halogens is 1. The standard InChI is InChI=1S/C15H14FN3/c1-9-5-6-11(16)7-12(9)15-18-13-4-2-3-10(8-17)14(13)19-15/h2-7H,8,17H2,1H3,(H,18,19). The lowest BCUT2D eigenvalue weighted by molar-refractivity contribution is 0.628. The Morgan fingerprint density at radius 2 is 2.11 bits per heavy atom. The third-order valence-electron chi connectivity index (χ3n) is 3.27. The highest BCUT2D eigenvalue weighted by atomic mass is 19.1. The first-order valence-corrected chi connectivity index (χ1v) is 6.13. The maximum Gasteiger partial charge on any atom is 0.138 e. The van der Waals surface area contributed by atoms with Gasteiger partial charge in [-0.3, -0.25) is 0 Å². The molecule has 0 aliphatic heterocycles. The molecule has 0 saturated carbocycles. The molecule has 0 radical (unpaired) electrons. The maximum atomic E-state index is 13.4. The van der Waals surface area contributed by atoms with Crippen molar-refractivity contribution in [3.8, 4) is 11.4 Å². The second kappa shape index (κ2) is 4.48. The smallest absolute Gasteiger partial charge is 0.138 e. The molecule has 1 aromatic heterocycles. The maximum absolute atomic E-state index is 13.4. The van der Waals surface area contributed by atoms with Gasteiger partial charge in [-0.15, -0.1) is 0 Å². The molecule has 1 heterocycles. The van der Waals surface area contributed by atoms with Crippen LogP contribution in [-0.4, -0.2) is 9.97 Å². The number of nitrogens with two attached hydrogens (primary N) is 1. The molecule has 0 amide bonds. The van der Waals surface area contributed by atoms with Crippen LogP contribution in [0.5, 0.6) is 0 Å². The van der Waals surface area contributed by atoms with E-state index in [0.717, 1.165) is 27.7 Å². The number of nitrogens with one attached hydrogen (secondary N) is 1. The predicted octanol–water partition coefficient (Wildman–Crippen LogP) is 3.14. The van der Waals surface area contributed by atoms with Gasteiger partial charge in [0.2, 0.25) is 0 Å². The molecule has 3 nitrogen and oxygen atoms in total. The topological polar surface area (TPSA) is 54.7 Å². The number of aromatic nitrogens is 2. The van der Waals surface area contributed by atoms with Gasteiger partial charge in [-0.05, 0) is 36.2 Å². The molecule has 3 aromatic rings. The fourth-order valence-corrected chi connectivity index (χ4v) is 2.23. The number of nitrogens with zero attached hydrogens (tertiary/aromatic N) is 1. The van der Waals surface area contributed by atoms with Gasteiger partial charge in [0.25, 0.3) is 0 Å². The van der Waals surface area contributed by atoms with E-state index in [-0.39, 0.29) is 5.82 Å². The molecule has 0 saturated heterocycles. The third-order valence-corrected chi connectivity index (χ3v) is 3.27. The van der Waals surface area contributed by atoms with Crippen molar-refractivity contribution in [1.29, 1.82) is 0 Å². The van der Waals surface area contributed by atoms with Crippen LogP contribution in [0.4, 0.5) is 4.39 Å². The van der Waals surface area contributed by atoms with Crippen LogP contribution in [0.25, 0.3) is 22.4 Å². The first-order chi connectivity index (χ1) is 9.19. The van der Waals surface area contributed by atoms with Crippen LogP contribution in [0.15, 0.2) is 36.4 Å². The number of aromatic amines is 1. The largest absolute Gasteiger partial charge is 0.338 e. The van der Waals surface area contributed by atoms with Crippen LogP contribution in [-0.2, 0) is 6.54 Å². The Morgan fingerprint density at radius 3 is 2.89 bits per heavy atom. The SMILES string of the molecule is Cc1ccc(F)cc1-c1nc2c(CN)cccc2[nH]1. The molecule has 0 spiro atoms. The minimum Gasteiger partial charge on any atom is -0.338 e. The monoisotopic (exact) mass is 255 g/mol. The Morgan fingerprint density at radius 1 is 1.26 bits per heavy atom. The van der Waals surface area contributed by atoms with E-state index in [4.69, 9.17) is 5.73 Å². The summed E-state index contributed by atoms with van der Waals surface area (Å²) in [5.74, 6) is 0.410. The lowest BCUT2D eigenvalue weighted by atomic mass is 10.1. The molecule has 0 aliphatic rings. The van der Waals surface area contributed by atoms with Crippen LogP contribution in [0.3, 0.4) is 0 Å². The Balaban J connectivity index is 2.23. The summed E-state index contributed by atoms with van der Waals surface area (Å²) in [5, 5.41) is 0. The minimum absolute atomic E-state index is 0.264. The van der Waals surface area contributed by atoms with Crippen LogP contribution in [0.2, 0.25) is 0 Å². The molecule has 0 atom stereocenters. The molecular formula is C15H14FN3. The number of rotatable bonds is 2. The number of hydrogen-bond acceptors (Lipinski definition) is 2. The summed E-state index contributed by atoms with van der Waals surface area (Å²) < 4.78 is 13.4. The van der Waals surface area contributed by atoms with Crippen molar-refractivity contribution in [2.45, 2.75) is 13.5 Å². The van der Waals surface area contributed by atoms with Crippen LogP contribution in [0.1, 0.15) is 11.1 Å². The lowest BCUT2D eigenvalue weighted by Gasteiger charge is -2.01. The molecule has 0 aliphatic carbocycles. The van der Waals surface area contributed by atoms with Gasteiger partial charge in [-0.25, -0.2) is 9.37 Å². The number of para-hydroxylation sites is 1. The molecule has 3 rings (SSSR count). The van der Waals surface area contributed by atoms with E-state index < -0.39 is 0 Å². The first-order valence-electron chi connectivity index (χ1n) is 6.13. The van der Waals surface area contributed by atoms with Crippen LogP contribution >= 0.6 is 0 Å². The second-order valence-corrected chi connectivity index (χ2v) is 4.56. The summed E-state index contributed by atoms with van der Waals surface area (Å²) in [6, 6.07) is 10.5. The zero-order valence-electron chi connectivity index (χ0n) is 10.6. The molecular weight excluding hydrogens is 241 g/mol. The fourth-order valence-electron chi connectivity index (χ4n) is 2.23. The van der Waals surface area contributed by atoms with Crippen molar-refractivity contribution in [3.05, 3.63) is 53.3 Å². The molecule has 19 heavy (non-hydrogen) atoms. The number of fused-ring (bicyclic) bond motifs is 1. The number of H-pyrrole nitrogens is 1. The van der Waals surface area contributed by atoms with Gasteiger partial charge in [0.05, 0.1) is 11.0 Å². The van der Waals surface area contributed by atoms with Gasteiger partial charge in [0, 0.05) is 12.1 Å². The zero-order valence-corrected chi connectivity index (χ0v) is 10.6. The Hall–Kier alpha value is -2.20. The predicted molar refractivity (Wildman–Crippen MR) is 74.1 cm³/mol. The Kier molecular flexibility index (Phi) is 2.80. The van der Waals surface area contributed by atoms with E-state index in [1.165, 1.54) is 12.1 Å². The first kappa shape index (κ1) is 11.9. The lowest BCUT2D eigenvalue weighted by Crippen LogP contribution is -1.96. The second-order valence-electron chi connectivity index (χ2n) is 4.56. The van der Waals surface area contributed by atoms with Crippen molar-refractivity contribution in [3.63, 3.8) is 0 Å². The van der Waals surface area contributed by atoms with Gasteiger partial charge >= 0.3 is 0 Å². The van der Waals surface area contributed by atoms with Crippen molar-refractivity contribution in [2.24, 2.45) is 5.73 Å².